The summed E-state index contributed by atoms with van der Waals surface area (Å²) in [5, 5.41) is 10.4. The molecule has 92 valence electrons. The minimum Gasteiger partial charge on any atom is -0.260 e. The average Bonchev–Trinajstić information content (AvgIpc) is 2.32. The van der Waals surface area contributed by atoms with E-state index in [1.807, 2.05) is 0 Å². The second-order valence-electron chi connectivity index (χ2n) is 4.55. The van der Waals surface area contributed by atoms with Gasteiger partial charge >= 0.3 is 5.69 Å². The van der Waals surface area contributed by atoms with Crippen molar-refractivity contribution in [3.8, 4) is 0 Å². The Morgan fingerprint density at radius 3 is 2.82 bits per heavy atom. The summed E-state index contributed by atoms with van der Waals surface area (Å²) in [6.45, 7) is 4.03. The molecule has 0 amide bonds. The molecule has 1 fully saturated rings. The third-order valence-corrected chi connectivity index (χ3v) is 3.05. The monoisotopic (exact) mass is 235 g/mol. The Morgan fingerprint density at radius 1 is 1.41 bits per heavy atom. The highest BCUT2D eigenvalue weighted by atomic mass is 16.1. The first-order chi connectivity index (χ1) is 8.15. The maximum Gasteiger partial charge on any atom is 0.363 e. The quantitative estimate of drug-likeness (QED) is 0.760. The lowest BCUT2D eigenvalue weighted by atomic mass is 9.90. The Bertz CT molecular complexity index is 469. The SMILES string of the molecule is Cc1n[nH]c(=O)nc1NN=C1CCC(C)CC1. The van der Waals surface area contributed by atoms with Crippen molar-refractivity contribution in [1.82, 2.24) is 15.2 Å². The summed E-state index contributed by atoms with van der Waals surface area (Å²) in [6.07, 6.45) is 4.40. The van der Waals surface area contributed by atoms with Crippen LogP contribution in [0.15, 0.2) is 9.90 Å². The first-order valence-electron chi connectivity index (χ1n) is 5.90. The topological polar surface area (TPSA) is 83.0 Å². The largest absolute Gasteiger partial charge is 0.363 e. The lowest BCUT2D eigenvalue weighted by Crippen LogP contribution is -2.17. The zero-order valence-corrected chi connectivity index (χ0v) is 10.2. The van der Waals surface area contributed by atoms with Gasteiger partial charge in [0.1, 0.15) is 5.69 Å². The van der Waals surface area contributed by atoms with E-state index in [4.69, 9.17) is 0 Å². The molecule has 1 aromatic heterocycles. The molecular weight excluding hydrogens is 218 g/mol. The maximum atomic E-state index is 11.0. The second kappa shape index (κ2) is 5.07. The van der Waals surface area contributed by atoms with Gasteiger partial charge < -0.3 is 0 Å². The summed E-state index contributed by atoms with van der Waals surface area (Å²) in [7, 11) is 0. The van der Waals surface area contributed by atoms with Gasteiger partial charge in [-0.3, -0.25) is 5.43 Å². The van der Waals surface area contributed by atoms with Crippen molar-refractivity contribution in [2.45, 2.75) is 39.5 Å². The zero-order chi connectivity index (χ0) is 12.3. The third kappa shape index (κ3) is 3.12. The van der Waals surface area contributed by atoms with Crippen LogP contribution in [0, 0.1) is 12.8 Å². The molecule has 2 N–H and O–H groups in total. The van der Waals surface area contributed by atoms with Gasteiger partial charge in [0.25, 0.3) is 0 Å². The Hall–Kier alpha value is -1.72. The molecule has 0 aromatic carbocycles. The number of hydrogen-bond donors (Lipinski definition) is 2. The van der Waals surface area contributed by atoms with Gasteiger partial charge in [0.15, 0.2) is 5.82 Å². The number of nitrogens with zero attached hydrogens (tertiary/aromatic N) is 3. The molecular formula is C11H17N5O. The molecule has 0 spiro atoms. The van der Waals surface area contributed by atoms with E-state index >= 15 is 0 Å². The van der Waals surface area contributed by atoms with Crippen molar-refractivity contribution < 1.29 is 0 Å². The number of aryl methyl sites for hydroxylation is 1. The molecule has 0 unspecified atom stereocenters. The Labute approximate surface area is 99.5 Å². The summed E-state index contributed by atoms with van der Waals surface area (Å²) in [4.78, 5) is 14.8. The van der Waals surface area contributed by atoms with Crippen LogP contribution in [0.25, 0.3) is 0 Å². The van der Waals surface area contributed by atoms with E-state index in [9.17, 15) is 4.79 Å². The average molecular weight is 235 g/mol. The number of hydrogen-bond acceptors (Lipinski definition) is 5. The maximum absolute atomic E-state index is 11.0. The predicted octanol–water partition coefficient (Wildman–Crippen LogP) is 1.45. The van der Waals surface area contributed by atoms with Crippen LogP contribution in [-0.4, -0.2) is 20.9 Å². The van der Waals surface area contributed by atoms with Crippen LogP contribution < -0.4 is 11.1 Å². The number of anilines is 1. The fourth-order valence-electron chi connectivity index (χ4n) is 1.84. The number of hydrazone groups is 1. The summed E-state index contributed by atoms with van der Waals surface area (Å²) < 4.78 is 0. The van der Waals surface area contributed by atoms with Gasteiger partial charge in [-0.05, 0) is 38.5 Å². The van der Waals surface area contributed by atoms with Crippen LogP contribution >= 0.6 is 0 Å². The molecule has 0 radical (unpaired) electrons. The van der Waals surface area contributed by atoms with Gasteiger partial charge in [-0.15, -0.1) is 0 Å². The number of nitrogens with one attached hydrogen (secondary N) is 2. The first-order valence-corrected chi connectivity index (χ1v) is 5.90. The molecule has 1 aliphatic rings. The van der Waals surface area contributed by atoms with Crippen molar-refractivity contribution in [2.75, 3.05) is 5.43 Å². The molecule has 0 aliphatic heterocycles. The molecule has 0 atom stereocenters. The van der Waals surface area contributed by atoms with Crippen LogP contribution in [0.5, 0.6) is 0 Å². The molecule has 1 saturated carbocycles. The van der Waals surface area contributed by atoms with Gasteiger partial charge in [-0.1, -0.05) is 6.92 Å². The zero-order valence-electron chi connectivity index (χ0n) is 10.2. The normalized spacial score (nSPS) is 20.1. The summed E-state index contributed by atoms with van der Waals surface area (Å²) in [5.41, 5.74) is 4.15. The Balaban J connectivity index is 2.04. The van der Waals surface area contributed by atoms with Crippen molar-refractivity contribution >= 4 is 11.5 Å². The van der Waals surface area contributed by atoms with E-state index in [1.165, 1.54) is 12.8 Å². The number of aromatic amines is 1. The van der Waals surface area contributed by atoms with Crippen molar-refractivity contribution in [2.24, 2.45) is 11.0 Å². The third-order valence-electron chi connectivity index (χ3n) is 3.05. The lowest BCUT2D eigenvalue weighted by molar-refractivity contribution is 0.483. The molecule has 6 nitrogen and oxygen atoms in total. The molecule has 2 rings (SSSR count). The Morgan fingerprint density at radius 2 is 2.12 bits per heavy atom. The van der Waals surface area contributed by atoms with Gasteiger partial charge in [0, 0.05) is 5.71 Å². The highest BCUT2D eigenvalue weighted by molar-refractivity contribution is 5.85. The summed E-state index contributed by atoms with van der Waals surface area (Å²) in [5.74, 6) is 1.22. The van der Waals surface area contributed by atoms with Crippen LogP contribution in [0.1, 0.15) is 38.3 Å². The molecule has 1 heterocycles. The number of H-pyrrole nitrogens is 1. The van der Waals surface area contributed by atoms with Gasteiger partial charge in [0.05, 0.1) is 0 Å². The lowest BCUT2D eigenvalue weighted by Gasteiger charge is -2.18. The van der Waals surface area contributed by atoms with E-state index in [0.717, 1.165) is 24.5 Å². The highest BCUT2D eigenvalue weighted by Gasteiger charge is 2.13. The van der Waals surface area contributed by atoms with Crippen LogP contribution in [0.4, 0.5) is 5.82 Å². The van der Waals surface area contributed by atoms with E-state index in [1.54, 1.807) is 6.92 Å². The van der Waals surface area contributed by atoms with Crippen molar-refractivity contribution in [1.29, 1.82) is 0 Å². The molecule has 6 heteroatoms. The van der Waals surface area contributed by atoms with E-state index < -0.39 is 5.69 Å². The molecule has 1 aliphatic carbocycles. The Kier molecular flexibility index (Phi) is 3.51. The molecule has 17 heavy (non-hydrogen) atoms. The smallest absolute Gasteiger partial charge is 0.260 e. The van der Waals surface area contributed by atoms with Crippen LogP contribution in [0.2, 0.25) is 0 Å². The molecule has 0 saturated heterocycles. The fraction of sp³-hybridized carbons (Fsp3) is 0.636. The van der Waals surface area contributed by atoms with Gasteiger partial charge in [0.2, 0.25) is 0 Å². The number of rotatable bonds is 2. The van der Waals surface area contributed by atoms with Crippen molar-refractivity contribution in [3.05, 3.63) is 16.2 Å². The minimum absolute atomic E-state index is 0.430. The number of aromatic nitrogens is 3. The molecule has 0 bridgehead atoms. The predicted molar refractivity (Wildman–Crippen MR) is 66.1 cm³/mol. The van der Waals surface area contributed by atoms with Gasteiger partial charge in [-0.2, -0.15) is 15.2 Å². The van der Waals surface area contributed by atoms with Crippen molar-refractivity contribution in [3.63, 3.8) is 0 Å². The van der Waals surface area contributed by atoms with E-state index in [-0.39, 0.29) is 0 Å². The van der Waals surface area contributed by atoms with Gasteiger partial charge in [-0.25, -0.2) is 9.89 Å². The van der Waals surface area contributed by atoms with Crippen LogP contribution in [0.3, 0.4) is 0 Å². The fourth-order valence-corrected chi connectivity index (χ4v) is 1.84. The minimum atomic E-state index is -0.462. The van der Waals surface area contributed by atoms with E-state index in [2.05, 4.69) is 32.6 Å². The second-order valence-corrected chi connectivity index (χ2v) is 4.55. The first kappa shape index (κ1) is 11.8. The highest BCUT2D eigenvalue weighted by Crippen LogP contribution is 2.21. The standard InChI is InChI=1S/C11H17N5O/c1-7-3-5-9(6-4-7)14-15-10-8(2)13-16-11(17)12-10/h7H,3-6H2,1-2H3,(H2,12,15,16,17). The molecule has 1 aromatic rings. The summed E-state index contributed by atoms with van der Waals surface area (Å²) >= 11 is 0. The van der Waals surface area contributed by atoms with Crippen LogP contribution in [-0.2, 0) is 0 Å². The van der Waals surface area contributed by atoms with E-state index in [0.29, 0.717) is 11.5 Å². The summed E-state index contributed by atoms with van der Waals surface area (Å²) in [6, 6.07) is 0.